The van der Waals surface area contributed by atoms with Crippen LogP contribution in [-0.4, -0.2) is 29.6 Å². The van der Waals surface area contributed by atoms with E-state index in [1.165, 1.54) is 6.08 Å². The monoisotopic (exact) mass is 286 g/mol. The molecule has 0 bridgehead atoms. The Morgan fingerprint density at radius 2 is 1.85 bits per heavy atom. The van der Waals surface area contributed by atoms with Gasteiger partial charge in [-0.25, -0.2) is 0 Å². The summed E-state index contributed by atoms with van der Waals surface area (Å²) in [7, 11) is 0. The molecule has 0 heterocycles. The van der Waals surface area contributed by atoms with Gasteiger partial charge in [0.2, 0.25) is 5.91 Å². The molecule has 2 N–H and O–H groups in total. The first-order valence-electron chi connectivity index (χ1n) is 6.10. The van der Waals surface area contributed by atoms with E-state index in [1.54, 1.807) is 38.1 Å². The van der Waals surface area contributed by atoms with Gasteiger partial charge in [0.1, 0.15) is 6.54 Å². The van der Waals surface area contributed by atoms with Crippen LogP contribution in [0.4, 0.5) is 18.9 Å². The van der Waals surface area contributed by atoms with Gasteiger partial charge >= 0.3 is 6.18 Å². The third-order valence-electron chi connectivity index (χ3n) is 2.61. The fourth-order valence-electron chi connectivity index (χ4n) is 1.58. The van der Waals surface area contributed by atoms with E-state index in [9.17, 15) is 18.0 Å². The normalized spacial score (nSPS) is 12.1. The Balaban J connectivity index is 2.78. The van der Waals surface area contributed by atoms with Crippen molar-refractivity contribution in [2.45, 2.75) is 26.1 Å². The number of hydrogen-bond donors (Lipinski definition) is 1. The number of carbonyl (C=O) groups excluding carboxylic acids is 1. The maximum absolute atomic E-state index is 12.4. The number of nitrogens with zero attached hydrogens (tertiary/aromatic N) is 1. The first-order chi connectivity index (χ1) is 9.19. The summed E-state index contributed by atoms with van der Waals surface area (Å²) in [4.78, 5) is 12.6. The number of halogens is 3. The minimum Gasteiger partial charge on any atom is -0.399 e. The van der Waals surface area contributed by atoms with Gasteiger partial charge in [-0.05, 0) is 37.6 Å². The van der Waals surface area contributed by atoms with Gasteiger partial charge in [-0.2, -0.15) is 13.2 Å². The third kappa shape index (κ3) is 5.34. The Morgan fingerprint density at radius 3 is 2.30 bits per heavy atom. The molecule has 0 saturated carbocycles. The van der Waals surface area contributed by atoms with Crippen molar-refractivity contribution < 1.29 is 18.0 Å². The zero-order valence-electron chi connectivity index (χ0n) is 11.3. The smallest absolute Gasteiger partial charge is 0.399 e. The predicted octanol–water partition coefficient (Wildman–Crippen LogP) is 3.08. The van der Waals surface area contributed by atoms with Crippen LogP contribution in [0.2, 0.25) is 0 Å². The van der Waals surface area contributed by atoms with Crippen molar-refractivity contribution in [1.29, 1.82) is 0 Å². The van der Waals surface area contributed by atoms with Crippen LogP contribution in [-0.2, 0) is 4.79 Å². The van der Waals surface area contributed by atoms with Crippen molar-refractivity contribution in [1.82, 2.24) is 4.90 Å². The van der Waals surface area contributed by atoms with Crippen molar-refractivity contribution in [3.05, 3.63) is 35.9 Å². The largest absolute Gasteiger partial charge is 0.406 e. The van der Waals surface area contributed by atoms with Gasteiger partial charge in [0.05, 0.1) is 0 Å². The molecule has 0 fully saturated rings. The molecule has 110 valence electrons. The summed E-state index contributed by atoms with van der Waals surface area (Å²) in [6.45, 7) is 1.83. The van der Waals surface area contributed by atoms with E-state index in [0.29, 0.717) is 11.3 Å². The number of nitrogens with two attached hydrogens (primary N) is 1. The van der Waals surface area contributed by atoms with Crippen LogP contribution in [0.25, 0.3) is 6.08 Å². The molecule has 0 radical (unpaired) electrons. The standard InChI is InChI=1S/C14H17F3N2O/c1-10(2)19(9-14(15,16)17)13(20)8-5-11-3-6-12(18)7-4-11/h3-8,10H,9,18H2,1-2H3/b8-5+. The number of alkyl halides is 3. The number of amides is 1. The summed E-state index contributed by atoms with van der Waals surface area (Å²) in [5, 5.41) is 0. The Hall–Kier alpha value is -1.98. The van der Waals surface area contributed by atoms with Crippen molar-refractivity contribution in [2.75, 3.05) is 12.3 Å². The summed E-state index contributed by atoms with van der Waals surface area (Å²) in [6, 6.07) is 6.14. The van der Waals surface area contributed by atoms with Crippen LogP contribution >= 0.6 is 0 Å². The molecular weight excluding hydrogens is 269 g/mol. The first kappa shape index (κ1) is 16.1. The molecular formula is C14H17F3N2O. The number of anilines is 1. The lowest BCUT2D eigenvalue weighted by molar-refractivity contribution is -0.161. The molecule has 1 amide bonds. The molecule has 20 heavy (non-hydrogen) atoms. The van der Waals surface area contributed by atoms with E-state index in [-0.39, 0.29) is 0 Å². The molecule has 0 aromatic heterocycles. The van der Waals surface area contributed by atoms with Crippen molar-refractivity contribution in [3.8, 4) is 0 Å². The van der Waals surface area contributed by atoms with Crippen LogP contribution < -0.4 is 5.73 Å². The van der Waals surface area contributed by atoms with Crippen LogP contribution in [0, 0.1) is 0 Å². The SMILES string of the molecule is CC(C)N(CC(F)(F)F)C(=O)/C=C/c1ccc(N)cc1. The van der Waals surface area contributed by atoms with Gasteiger partial charge < -0.3 is 10.6 Å². The van der Waals surface area contributed by atoms with Gasteiger partial charge in [0.25, 0.3) is 0 Å². The molecule has 0 spiro atoms. The first-order valence-corrected chi connectivity index (χ1v) is 6.10. The van der Waals surface area contributed by atoms with E-state index in [0.717, 1.165) is 11.0 Å². The minimum absolute atomic E-state index is 0.528. The molecule has 0 aliphatic carbocycles. The van der Waals surface area contributed by atoms with E-state index in [4.69, 9.17) is 5.73 Å². The number of carbonyl (C=O) groups is 1. The summed E-state index contributed by atoms with van der Waals surface area (Å²) in [5.41, 5.74) is 6.79. The maximum atomic E-state index is 12.4. The van der Waals surface area contributed by atoms with Gasteiger partial charge in [-0.15, -0.1) is 0 Å². The Labute approximate surface area is 115 Å². The Morgan fingerprint density at radius 1 is 1.30 bits per heavy atom. The molecule has 1 aromatic carbocycles. The molecule has 6 heteroatoms. The number of hydrogen-bond acceptors (Lipinski definition) is 2. The van der Waals surface area contributed by atoms with E-state index >= 15 is 0 Å². The summed E-state index contributed by atoms with van der Waals surface area (Å²) in [5.74, 6) is -0.672. The minimum atomic E-state index is -4.41. The summed E-state index contributed by atoms with van der Waals surface area (Å²) >= 11 is 0. The molecule has 1 rings (SSSR count). The van der Waals surface area contributed by atoms with E-state index in [2.05, 4.69) is 0 Å². The highest BCUT2D eigenvalue weighted by Crippen LogP contribution is 2.18. The number of rotatable bonds is 4. The molecule has 1 aromatic rings. The fraction of sp³-hybridized carbons (Fsp3) is 0.357. The number of nitrogen functional groups attached to an aromatic ring is 1. The molecule has 0 unspecified atom stereocenters. The van der Waals surface area contributed by atoms with Gasteiger partial charge in [0, 0.05) is 17.8 Å². The van der Waals surface area contributed by atoms with Crippen LogP contribution in [0.1, 0.15) is 19.4 Å². The fourth-order valence-corrected chi connectivity index (χ4v) is 1.58. The van der Waals surface area contributed by atoms with Gasteiger partial charge in [-0.1, -0.05) is 12.1 Å². The molecule has 0 atom stereocenters. The van der Waals surface area contributed by atoms with Gasteiger partial charge in [-0.3, -0.25) is 4.79 Å². The Bertz CT molecular complexity index is 478. The Kier molecular flexibility index (Phi) is 5.19. The van der Waals surface area contributed by atoms with Crippen molar-refractivity contribution in [3.63, 3.8) is 0 Å². The van der Waals surface area contributed by atoms with Crippen LogP contribution in [0.5, 0.6) is 0 Å². The molecule has 0 aliphatic rings. The third-order valence-corrected chi connectivity index (χ3v) is 2.61. The second-order valence-electron chi connectivity index (χ2n) is 4.68. The number of benzene rings is 1. The van der Waals surface area contributed by atoms with Crippen LogP contribution in [0.3, 0.4) is 0 Å². The highest BCUT2D eigenvalue weighted by molar-refractivity contribution is 5.92. The highest BCUT2D eigenvalue weighted by atomic mass is 19.4. The average Bonchev–Trinajstić information content (AvgIpc) is 2.33. The lowest BCUT2D eigenvalue weighted by atomic mass is 10.2. The maximum Gasteiger partial charge on any atom is 0.406 e. The predicted molar refractivity (Wildman–Crippen MR) is 72.8 cm³/mol. The van der Waals surface area contributed by atoms with Crippen LogP contribution in [0.15, 0.2) is 30.3 Å². The van der Waals surface area contributed by atoms with Gasteiger partial charge in [0.15, 0.2) is 0 Å². The molecule has 3 nitrogen and oxygen atoms in total. The topological polar surface area (TPSA) is 46.3 Å². The summed E-state index contributed by atoms with van der Waals surface area (Å²) < 4.78 is 37.2. The molecule has 0 aliphatic heterocycles. The summed E-state index contributed by atoms with van der Waals surface area (Å²) in [6.07, 6.45) is -1.81. The second-order valence-corrected chi connectivity index (χ2v) is 4.68. The van der Waals surface area contributed by atoms with E-state index in [1.807, 2.05) is 0 Å². The second kappa shape index (κ2) is 6.45. The lowest BCUT2D eigenvalue weighted by Crippen LogP contribution is -2.42. The zero-order valence-corrected chi connectivity index (χ0v) is 11.3. The van der Waals surface area contributed by atoms with Crippen molar-refractivity contribution in [2.24, 2.45) is 0 Å². The lowest BCUT2D eigenvalue weighted by Gasteiger charge is -2.26. The highest BCUT2D eigenvalue weighted by Gasteiger charge is 2.33. The average molecular weight is 286 g/mol. The molecule has 0 saturated heterocycles. The zero-order chi connectivity index (χ0) is 15.3. The quantitative estimate of drug-likeness (QED) is 0.683. The van der Waals surface area contributed by atoms with E-state index < -0.39 is 24.7 Å². The van der Waals surface area contributed by atoms with Crippen molar-refractivity contribution >= 4 is 17.7 Å².